The molecule has 0 aliphatic heterocycles. The third kappa shape index (κ3) is 4.70. The average molecular weight is 625 g/mol. The van der Waals surface area contributed by atoms with Crippen molar-refractivity contribution in [2.24, 2.45) is 0 Å². The number of hydrogen-bond donors (Lipinski definition) is 0. The van der Waals surface area contributed by atoms with Crippen molar-refractivity contribution < 1.29 is 20.1 Å². The van der Waals surface area contributed by atoms with Crippen molar-refractivity contribution in [1.82, 2.24) is 9.97 Å². The molecule has 0 saturated heterocycles. The predicted molar refractivity (Wildman–Crippen MR) is 141 cm³/mol. The fraction of sp³-hybridized carbons (Fsp3) is 0. The minimum Gasteiger partial charge on any atom is -0.296 e. The molecule has 0 unspecified atom stereocenters. The van der Waals surface area contributed by atoms with Crippen LogP contribution in [0.25, 0.3) is 56.5 Å². The van der Waals surface area contributed by atoms with Crippen molar-refractivity contribution in [3.8, 4) is 22.5 Å². The molecule has 0 N–H and O–H groups in total. The molecule has 0 amide bonds. The Bertz CT molecular complexity index is 1640. The van der Waals surface area contributed by atoms with Crippen molar-refractivity contribution in [3.05, 3.63) is 132 Å². The summed E-state index contributed by atoms with van der Waals surface area (Å²) >= 11 is 0. The Morgan fingerprint density at radius 1 is 0.514 bits per heavy atom. The Balaban J connectivity index is 0.000000142. The van der Waals surface area contributed by atoms with E-state index >= 15 is 0 Å². The zero-order valence-corrected chi connectivity index (χ0v) is 21.2. The molecule has 0 bridgehead atoms. The zero-order chi connectivity index (χ0) is 22.7. The summed E-state index contributed by atoms with van der Waals surface area (Å²) < 4.78 is 0. The molecule has 169 valence electrons. The number of fused-ring (bicyclic) bond motifs is 1. The van der Waals surface area contributed by atoms with Crippen LogP contribution in [0.1, 0.15) is 11.1 Å². The summed E-state index contributed by atoms with van der Waals surface area (Å²) in [4.78, 5) is 9.35. The molecule has 1 radical (unpaired) electrons. The van der Waals surface area contributed by atoms with E-state index in [1.165, 1.54) is 21.9 Å². The van der Waals surface area contributed by atoms with Crippen LogP contribution in [0.3, 0.4) is 0 Å². The molecule has 3 heteroatoms. The van der Waals surface area contributed by atoms with Crippen LogP contribution >= 0.6 is 0 Å². The van der Waals surface area contributed by atoms with Crippen LogP contribution in [0, 0.1) is 12.1 Å². The Morgan fingerprint density at radius 2 is 1.17 bits per heavy atom. The smallest absolute Gasteiger partial charge is 0.0607 e. The van der Waals surface area contributed by atoms with Crippen molar-refractivity contribution in [2.45, 2.75) is 0 Å². The molecular formula is C32H20IrN2-2. The second-order valence-electron chi connectivity index (χ2n) is 8.11. The first-order valence-corrected chi connectivity index (χ1v) is 11.3. The third-order valence-electron chi connectivity index (χ3n) is 5.91. The first kappa shape index (κ1) is 22.9. The van der Waals surface area contributed by atoms with Crippen molar-refractivity contribution in [1.29, 1.82) is 0 Å². The molecule has 1 aliphatic rings. The number of aromatic nitrogens is 2. The average Bonchev–Trinajstić information content (AvgIpc) is 3.34. The molecule has 4 aromatic carbocycles. The maximum absolute atomic E-state index is 4.74. The number of hydrogen-bond acceptors (Lipinski definition) is 2. The SMILES string of the molecule is [Ir].[c-]1ccccc1-c1cc2c3c(cccc3n1)C=C2.[c-]1ccccc1-c1ccc2ccccc2n1. The van der Waals surface area contributed by atoms with E-state index in [-0.39, 0.29) is 20.1 Å². The Kier molecular flexibility index (Phi) is 6.63. The van der Waals surface area contributed by atoms with Gasteiger partial charge in [0.15, 0.2) is 0 Å². The molecule has 0 spiro atoms. The summed E-state index contributed by atoms with van der Waals surface area (Å²) in [5.74, 6) is 0. The first-order chi connectivity index (χ1) is 16.8. The van der Waals surface area contributed by atoms with Gasteiger partial charge in [0.1, 0.15) is 0 Å². The van der Waals surface area contributed by atoms with Gasteiger partial charge < -0.3 is 0 Å². The first-order valence-electron chi connectivity index (χ1n) is 11.3. The maximum Gasteiger partial charge on any atom is 0.0607 e. The van der Waals surface area contributed by atoms with E-state index in [2.05, 4.69) is 65.7 Å². The van der Waals surface area contributed by atoms with Gasteiger partial charge in [-0.1, -0.05) is 60.7 Å². The van der Waals surface area contributed by atoms with Gasteiger partial charge in [-0.15, -0.1) is 71.8 Å². The van der Waals surface area contributed by atoms with E-state index in [0.29, 0.717) is 0 Å². The minimum atomic E-state index is 0. The second-order valence-corrected chi connectivity index (χ2v) is 8.11. The quantitative estimate of drug-likeness (QED) is 0.183. The van der Waals surface area contributed by atoms with E-state index in [4.69, 9.17) is 4.98 Å². The molecule has 6 aromatic rings. The molecule has 0 fully saturated rings. The summed E-state index contributed by atoms with van der Waals surface area (Å²) in [5, 5.41) is 2.43. The van der Waals surface area contributed by atoms with Gasteiger partial charge in [0, 0.05) is 25.5 Å². The fourth-order valence-electron chi connectivity index (χ4n) is 4.26. The molecule has 0 atom stereocenters. The second kappa shape index (κ2) is 10.1. The van der Waals surface area contributed by atoms with Gasteiger partial charge in [-0.05, 0) is 40.0 Å². The number of pyridine rings is 2. The van der Waals surface area contributed by atoms with E-state index < -0.39 is 0 Å². The number of nitrogens with zero attached hydrogens (tertiary/aromatic N) is 2. The van der Waals surface area contributed by atoms with Gasteiger partial charge >= 0.3 is 0 Å². The number of benzene rings is 4. The Labute approximate surface area is 218 Å². The van der Waals surface area contributed by atoms with Crippen LogP contribution in [0.5, 0.6) is 0 Å². The molecule has 0 saturated carbocycles. The van der Waals surface area contributed by atoms with Crippen molar-refractivity contribution in [2.75, 3.05) is 0 Å². The van der Waals surface area contributed by atoms with E-state index in [1.807, 2.05) is 72.8 Å². The van der Waals surface area contributed by atoms with Crippen molar-refractivity contribution in [3.63, 3.8) is 0 Å². The molecule has 7 rings (SSSR count). The van der Waals surface area contributed by atoms with Gasteiger partial charge in [-0.3, -0.25) is 9.97 Å². The predicted octanol–water partition coefficient (Wildman–Crippen LogP) is 7.89. The Morgan fingerprint density at radius 3 is 1.94 bits per heavy atom. The van der Waals surface area contributed by atoms with E-state index in [9.17, 15) is 0 Å². The van der Waals surface area contributed by atoms with Gasteiger partial charge in [-0.2, -0.15) is 0 Å². The molecular weight excluding hydrogens is 605 g/mol. The van der Waals surface area contributed by atoms with Crippen LogP contribution in [-0.2, 0) is 20.1 Å². The van der Waals surface area contributed by atoms with Gasteiger partial charge in [0.25, 0.3) is 0 Å². The number of rotatable bonds is 2. The zero-order valence-electron chi connectivity index (χ0n) is 18.8. The summed E-state index contributed by atoms with van der Waals surface area (Å²) in [6, 6.07) is 42.9. The maximum atomic E-state index is 4.74. The molecule has 2 aromatic heterocycles. The van der Waals surface area contributed by atoms with Crippen molar-refractivity contribution >= 4 is 34.0 Å². The van der Waals surface area contributed by atoms with Gasteiger partial charge in [0.2, 0.25) is 0 Å². The van der Waals surface area contributed by atoms with Gasteiger partial charge in [-0.25, -0.2) is 0 Å². The summed E-state index contributed by atoms with van der Waals surface area (Å²) in [6.45, 7) is 0. The van der Waals surface area contributed by atoms with E-state index in [1.54, 1.807) is 0 Å². The number of para-hydroxylation sites is 1. The summed E-state index contributed by atoms with van der Waals surface area (Å²) in [5.41, 5.74) is 8.64. The normalized spacial score (nSPS) is 11.1. The van der Waals surface area contributed by atoms with Crippen LogP contribution in [0.4, 0.5) is 0 Å². The molecule has 35 heavy (non-hydrogen) atoms. The van der Waals surface area contributed by atoms with Gasteiger partial charge in [0.05, 0.1) is 11.0 Å². The van der Waals surface area contributed by atoms with Crippen LogP contribution in [-0.4, -0.2) is 9.97 Å². The van der Waals surface area contributed by atoms with Crippen LogP contribution < -0.4 is 0 Å². The molecule has 1 aliphatic carbocycles. The fourth-order valence-corrected chi connectivity index (χ4v) is 4.26. The molecule has 2 nitrogen and oxygen atoms in total. The largest absolute Gasteiger partial charge is 0.296 e. The minimum absolute atomic E-state index is 0. The van der Waals surface area contributed by atoms with E-state index in [0.717, 1.165) is 33.5 Å². The Hall–Kier alpha value is -3.91. The van der Waals surface area contributed by atoms with Crippen LogP contribution in [0.2, 0.25) is 0 Å². The monoisotopic (exact) mass is 625 g/mol. The summed E-state index contributed by atoms with van der Waals surface area (Å²) in [7, 11) is 0. The summed E-state index contributed by atoms with van der Waals surface area (Å²) in [6.07, 6.45) is 4.31. The topological polar surface area (TPSA) is 25.8 Å². The third-order valence-corrected chi connectivity index (χ3v) is 5.91. The van der Waals surface area contributed by atoms with Crippen LogP contribution in [0.15, 0.2) is 109 Å². The standard InChI is InChI=1S/C17H10N.C15H10N.Ir/c1-2-5-12(6-3-1)16-11-14-10-9-13-7-4-8-15(18-16)17(13)14;1-2-6-12(7-3-1)15-11-10-13-8-4-5-9-14(13)16-15;/h1-5,7-11H;1-6,8-11H;/q2*-1;. The molecule has 2 heterocycles.